The molecule has 1 aromatic heterocycles. The molecule has 2 aromatic rings. The Kier molecular flexibility index (Phi) is 5.51. The summed E-state index contributed by atoms with van der Waals surface area (Å²) in [7, 11) is 0. The van der Waals surface area contributed by atoms with Crippen LogP contribution in [0.2, 0.25) is 0 Å². The molecule has 0 bridgehead atoms. The topological polar surface area (TPSA) is 82.5 Å². The fourth-order valence-corrected chi connectivity index (χ4v) is 3.09. The van der Waals surface area contributed by atoms with E-state index in [-0.39, 0.29) is 6.42 Å². The molecule has 0 aliphatic carbocycles. The van der Waals surface area contributed by atoms with Gasteiger partial charge in [-0.05, 0) is 5.41 Å². The number of rotatable bonds is 6. The maximum Gasteiger partial charge on any atom is 0.321 e. The van der Waals surface area contributed by atoms with Gasteiger partial charge in [-0.1, -0.05) is 51.1 Å². The van der Waals surface area contributed by atoms with Crippen LogP contribution in [0.15, 0.2) is 35.7 Å². The van der Waals surface area contributed by atoms with Gasteiger partial charge in [0.25, 0.3) is 0 Å². The first kappa shape index (κ1) is 17.6. The van der Waals surface area contributed by atoms with Gasteiger partial charge in [-0.3, -0.25) is 10.1 Å². The number of aliphatic hydroxyl groups is 1. The fraction of sp³-hybridized carbons (Fsp3) is 0.412. The first-order valence-corrected chi connectivity index (χ1v) is 8.32. The van der Waals surface area contributed by atoms with Crippen molar-refractivity contribution in [2.75, 3.05) is 0 Å². The molecule has 0 spiro atoms. The number of aliphatic carboxylic acids is 1. The molecular formula is C17H22N2O3S. The smallest absolute Gasteiger partial charge is 0.321 e. The van der Waals surface area contributed by atoms with Gasteiger partial charge in [0, 0.05) is 17.4 Å². The summed E-state index contributed by atoms with van der Waals surface area (Å²) in [6.45, 7) is 5.46. The van der Waals surface area contributed by atoms with Crippen LogP contribution in [-0.4, -0.2) is 33.4 Å². The van der Waals surface area contributed by atoms with E-state index in [1.807, 2.05) is 56.5 Å². The minimum atomic E-state index is -0.972. The number of aliphatic hydroxyl groups excluding tert-OH is 1. The number of aromatic nitrogens is 1. The highest BCUT2D eigenvalue weighted by Crippen LogP contribution is 2.24. The van der Waals surface area contributed by atoms with E-state index in [9.17, 15) is 15.0 Å². The Bertz CT molecular complexity index is 649. The predicted molar refractivity (Wildman–Crippen MR) is 91.3 cm³/mol. The number of hydrogen-bond donors (Lipinski definition) is 3. The molecule has 0 aliphatic heterocycles. The van der Waals surface area contributed by atoms with Crippen LogP contribution in [0.4, 0.5) is 0 Å². The van der Waals surface area contributed by atoms with Crippen LogP contribution in [0, 0.1) is 5.41 Å². The Morgan fingerprint density at radius 3 is 2.52 bits per heavy atom. The van der Waals surface area contributed by atoms with Crippen molar-refractivity contribution < 1.29 is 15.0 Å². The normalized spacial score (nSPS) is 14.4. The van der Waals surface area contributed by atoms with Gasteiger partial charge in [0.1, 0.15) is 17.3 Å². The Morgan fingerprint density at radius 1 is 1.30 bits per heavy atom. The summed E-state index contributed by atoms with van der Waals surface area (Å²) < 4.78 is 0. The minimum absolute atomic E-state index is 0.267. The molecule has 1 heterocycles. The first-order valence-electron chi connectivity index (χ1n) is 7.44. The van der Waals surface area contributed by atoms with E-state index in [0.717, 1.165) is 16.3 Å². The number of carboxylic acids is 1. The third-order valence-electron chi connectivity index (χ3n) is 3.45. The van der Waals surface area contributed by atoms with Crippen molar-refractivity contribution in [3.63, 3.8) is 0 Å². The molecule has 124 valence electrons. The molecule has 0 saturated heterocycles. The molecule has 0 radical (unpaired) electrons. The van der Waals surface area contributed by atoms with Crippen LogP contribution in [-0.2, 0) is 11.2 Å². The number of nitrogens with zero attached hydrogens (tertiary/aromatic N) is 1. The van der Waals surface area contributed by atoms with Crippen molar-refractivity contribution in [3.8, 4) is 10.6 Å². The molecule has 1 unspecified atom stereocenters. The van der Waals surface area contributed by atoms with Crippen molar-refractivity contribution in [2.24, 2.45) is 5.41 Å². The summed E-state index contributed by atoms with van der Waals surface area (Å²) in [5, 5.41) is 25.0. The van der Waals surface area contributed by atoms with E-state index in [4.69, 9.17) is 0 Å². The van der Waals surface area contributed by atoms with Gasteiger partial charge in [0.15, 0.2) is 0 Å². The molecule has 2 rings (SSSR count). The average Bonchev–Trinajstić information content (AvgIpc) is 2.92. The van der Waals surface area contributed by atoms with Gasteiger partial charge in [-0.2, -0.15) is 0 Å². The second-order valence-corrected chi connectivity index (χ2v) is 7.39. The van der Waals surface area contributed by atoms with Crippen molar-refractivity contribution in [2.45, 2.75) is 39.5 Å². The molecule has 0 amide bonds. The zero-order chi connectivity index (χ0) is 17.0. The van der Waals surface area contributed by atoms with Crippen molar-refractivity contribution in [3.05, 3.63) is 41.4 Å². The van der Waals surface area contributed by atoms with E-state index >= 15 is 0 Å². The van der Waals surface area contributed by atoms with Gasteiger partial charge < -0.3 is 10.2 Å². The largest absolute Gasteiger partial charge is 0.480 e. The second-order valence-electron chi connectivity index (χ2n) is 6.53. The Labute approximate surface area is 140 Å². The average molecular weight is 334 g/mol. The molecule has 6 heteroatoms. The van der Waals surface area contributed by atoms with Crippen LogP contribution in [0.1, 0.15) is 26.5 Å². The SMILES string of the molecule is CC(C)(C)[C@H](NC(O)Cc1csc(-c2ccccc2)n1)C(=O)O. The number of carbonyl (C=O) groups is 1. The number of hydrogen-bond acceptors (Lipinski definition) is 5. The van der Waals surface area contributed by atoms with E-state index in [1.54, 1.807) is 0 Å². The molecule has 0 aliphatic rings. The first-order chi connectivity index (χ1) is 10.8. The van der Waals surface area contributed by atoms with E-state index in [0.29, 0.717) is 0 Å². The molecular weight excluding hydrogens is 312 g/mol. The van der Waals surface area contributed by atoms with E-state index in [1.165, 1.54) is 11.3 Å². The lowest BCUT2D eigenvalue weighted by atomic mass is 9.86. The highest BCUT2D eigenvalue weighted by Gasteiger charge is 2.32. The number of thiazole rings is 1. The van der Waals surface area contributed by atoms with Gasteiger partial charge in [0.05, 0.1) is 5.69 Å². The molecule has 5 nitrogen and oxygen atoms in total. The molecule has 0 saturated carbocycles. The molecule has 3 N–H and O–H groups in total. The van der Waals surface area contributed by atoms with Crippen LogP contribution in [0.25, 0.3) is 10.6 Å². The zero-order valence-electron chi connectivity index (χ0n) is 13.5. The van der Waals surface area contributed by atoms with Gasteiger partial charge >= 0.3 is 5.97 Å². The number of benzene rings is 1. The Hall–Kier alpha value is -1.76. The maximum atomic E-state index is 11.3. The van der Waals surface area contributed by atoms with Gasteiger partial charge in [0.2, 0.25) is 0 Å². The monoisotopic (exact) mass is 334 g/mol. The van der Waals surface area contributed by atoms with Crippen LogP contribution >= 0.6 is 11.3 Å². The predicted octanol–water partition coefficient (Wildman–Crippen LogP) is 2.76. The molecule has 0 fully saturated rings. The number of carboxylic acid groups (broad SMARTS) is 1. The van der Waals surface area contributed by atoms with Crippen LogP contribution < -0.4 is 5.32 Å². The highest BCUT2D eigenvalue weighted by molar-refractivity contribution is 7.13. The van der Waals surface area contributed by atoms with E-state index < -0.39 is 23.7 Å². The van der Waals surface area contributed by atoms with Crippen molar-refractivity contribution in [1.82, 2.24) is 10.3 Å². The fourth-order valence-electron chi connectivity index (χ4n) is 2.26. The number of nitrogens with one attached hydrogen (secondary N) is 1. The van der Waals surface area contributed by atoms with Crippen LogP contribution in [0.3, 0.4) is 0 Å². The quantitative estimate of drug-likeness (QED) is 0.708. The molecule has 23 heavy (non-hydrogen) atoms. The summed E-state index contributed by atoms with van der Waals surface area (Å²) >= 11 is 1.51. The van der Waals surface area contributed by atoms with Crippen LogP contribution in [0.5, 0.6) is 0 Å². The maximum absolute atomic E-state index is 11.3. The zero-order valence-corrected chi connectivity index (χ0v) is 14.3. The summed E-state index contributed by atoms with van der Waals surface area (Å²) in [6, 6.07) is 8.99. The third kappa shape index (κ3) is 4.86. The standard InChI is InChI=1S/C17H22N2O3S/c1-17(2,3)14(16(21)22)19-13(20)9-12-10-23-15(18-12)11-7-5-4-6-8-11/h4-8,10,13-14,19-20H,9H2,1-3H3,(H,21,22)/t13?,14-/m1/s1. The molecule has 2 atom stereocenters. The third-order valence-corrected chi connectivity index (χ3v) is 4.39. The molecule has 1 aromatic carbocycles. The Balaban J connectivity index is 2.02. The Morgan fingerprint density at radius 2 is 1.96 bits per heavy atom. The minimum Gasteiger partial charge on any atom is -0.480 e. The lowest BCUT2D eigenvalue weighted by molar-refractivity contribution is -0.143. The summed E-state index contributed by atoms with van der Waals surface area (Å²) in [6.07, 6.45) is -0.690. The van der Waals surface area contributed by atoms with Crippen molar-refractivity contribution in [1.29, 1.82) is 0 Å². The van der Waals surface area contributed by atoms with Crippen molar-refractivity contribution >= 4 is 17.3 Å². The lowest BCUT2D eigenvalue weighted by Gasteiger charge is -2.29. The summed E-state index contributed by atoms with van der Waals surface area (Å²) in [4.78, 5) is 15.8. The lowest BCUT2D eigenvalue weighted by Crippen LogP contribution is -2.51. The summed E-state index contributed by atoms with van der Waals surface area (Å²) in [5.41, 5.74) is 1.28. The van der Waals surface area contributed by atoms with E-state index in [2.05, 4.69) is 10.3 Å². The van der Waals surface area contributed by atoms with Gasteiger partial charge in [-0.15, -0.1) is 11.3 Å². The second kappa shape index (κ2) is 7.21. The summed E-state index contributed by atoms with van der Waals surface area (Å²) in [5.74, 6) is -0.972. The van der Waals surface area contributed by atoms with Gasteiger partial charge in [-0.25, -0.2) is 4.98 Å². The highest BCUT2D eigenvalue weighted by atomic mass is 32.1.